The van der Waals surface area contributed by atoms with Gasteiger partial charge in [-0.05, 0) is 35.7 Å². The smallest absolute Gasteiger partial charge is 0.131 e. The first-order valence-electron chi connectivity index (χ1n) is 6.56. The molecule has 3 rings (SSSR count). The normalized spacial score (nSPS) is 10.9. The molecule has 0 amide bonds. The van der Waals surface area contributed by atoms with Gasteiger partial charge in [-0.15, -0.1) is 0 Å². The average molecular weight is 266 g/mol. The number of pyridine rings is 1. The molecule has 0 aliphatic carbocycles. The quantitative estimate of drug-likeness (QED) is 0.780. The molecule has 0 radical (unpaired) electrons. The lowest BCUT2D eigenvalue weighted by Gasteiger charge is -2.09. The molecule has 2 nitrogen and oxygen atoms in total. The molecule has 1 aromatic heterocycles. The summed E-state index contributed by atoms with van der Waals surface area (Å²) in [6, 6.07) is 13.2. The molecule has 100 valence electrons. The fraction of sp³-hybridized carbons (Fsp3) is 0.118. The molecule has 1 N–H and O–H groups in total. The third kappa shape index (κ3) is 2.28. The zero-order chi connectivity index (χ0) is 13.9. The minimum atomic E-state index is -0.193. The second-order valence-electron chi connectivity index (χ2n) is 4.75. The number of hydrogen-bond acceptors (Lipinski definition) is 2. The van der Waals surface area contributed by atoms with E-state index < -0.39 is 0 Å². The standard InChI is InChI=1S/C17H15FN2/c1-19-10-12-5-6-16(17(18)9-12)15-4-2-3-13-11-20-8-7-14(13)15/h2-9,11,19H,10H2,1H3. The van der Waals surface area contributed by atoms with Gasteiger partial charge in [0.25, 0.3) is 0 Å². The highest BCUT2D eigenvalue weighted by molar-refractivity contribution is 5.96. The lowest BCUT2D eigenvalue weighted by atomic mass is 9.98. The van der Waals surface area contributed by atoms with Gasteiger partial charge in [0, 0.05) is 29.9 Å². The molecule has 3 aromatic rings. The van der Waals surface area contributed by atoms with E-state index >= 15 is 0 Å². The van der Waals surface area contributed by atoms with Crippen LogP contribution in [-0.2, 0) is 6.54 Å². The van der Waals surface area contributed by atoms with Crippen molar-refractivity contribution in [3.8, 4) is 11.1 Å². The summed E-state index contributed by atoms with van der Waals surface area (Å²) in [6.07, 6.45) is 3.53. The van der Waals surface area contributed by atoms with Gasteiger partial charge in [0.15, 0.2) is 0 Å². The summed E-state index contributed by atoms with van der Waals surface area (Å²) in [5.74, 6) is -0.193. The predicted octanol–water partition coefficient (Wildman–Crippen LogP) is 3.76. The Morgan fingerprint density at radius 2 is 2.00 bits per heavy atom. The van der Waals surface area contributed by atoms with E-state index in [0.29, 0.717) is 12.1 Å². The van der Waals surface area contributed by atoms with E-state index in [-0.39, 0.29) is 5.82 Å². The molecular weight excluding hydrogens is 251 g/mol. The Balaban J connectivity index is 2.16. The summed E-state index contributed by atoms with van der Waals surface area (Å²) < 4.78 is 14.3. The molecule has 1 heterocycles. The summed E-state index contributed by atoms with van der Waals surface area (Å²) in [5, 5.41) is 5.06. The van der Waals surface area contributed by atoms with E-state index in [4.69, 9.17) is 0 Å². The molecule has 0 fully saturated rings. The third-order valence-electron chi connectivity index (χ3n) is 3.39. The minimum Gasteiger partial charge on any atom is -0.316 e. The van der Waals surface area contributed by atoms with Gasteiger partial charge in [-0.1, -0.05) is 30.3 Å². The van der Waals surface area contributed by atoms with Crippen molar-refractivity contribution in [1.82, 2.24) is 10.3 Å². The van der Waals surface area contributed by atoms with Crippen molar-refractivity contribution in [3.63, 3.8) is 0 Å². The van der Waals surface area contributed by atoms with Gasteiger partial charge < -0.3 is 5.32 Å². The van der Waals surface area contributed by atoms with E-state index in [1.165, 1.54) is 0 Å². The highest BCUT2D eigenvalue weighted by Crippen LogP contribution is 2.30. The summed E-state index contributed by atoms with van der Waals surface area (Å²) in [7, 11) is 1.85. The molecular formula is C17H15FN2. The average Bonchev–Trinajstić information content (AvgIpc) is 2.47. The second-order valence-corrected chi connectivity index (χ2v) is 4.75. The van der Waals surface area contributed by atoms with E-state index in [1.54, 1.807) is 18.5 Å². The van der Waals surface area contributed by atoms with Crippen molar-refractivity contribution in [2.75, 3.05) is 7.05 Å². The number of rotatable bonds is 3. The summed E-state index contributed by atoms with van der Waals surface area (Å²) >= 11 is 0. The van der Waals surface area contributed by atoms with E-state index in [1.807, 2.05) is 43.4 Å². The maximum Gasteiger partial charge on any atom is 0.131 e. The Morgan fingerprint density at radius 1 is 1.10 bits per heavy atom. The van der Waals surface area contributed by atoms with Crippen molar-refractivity contribution in [3.05, 3.63) is 66.2 Å². The number of nitrogens with zero attached hydrogens (tertiary/aromatic N) is 1. The minimum absolute atomic E-state index is 0.193. The van der Waals surface area contributed by atoms with Crippen LogP contribution >= 0.6 is 0 Å². The van der Waals surface area contributed by atoms with Crippen LogP contribution in [0.4, 0.5) is 4.39 Å². The summed E-state index contributed by atoms with van der Waals surface area (Å²) in [6.45, 7) is 0.663. The number of aromatic nitrogens is 1. The molecule has 0 saturated heterocycles. The molecule has 2 aromatic carbocycles. The zero-order valence-electron chi connectivity index (χ0n) is 11.2. The SMILES string of the molecule is CNCc1ccc(-c2cccc3cnccc23)c(F)c1. The Labute approximate surface area is 117 Å². The van der Waals surface area contributed by atoms with Gasteiger partial charge in [-0.3, -0.25) is 4.98 Å². The van der Waals surface area contributed by atoms with Crippen LogP contribution in [0.3, 0.4) is 0 Å². The highest BCUT2D eigenvalue weighted by Gasteiger charge is 2.09. The van der Waals surface area contributed by atoms with Crippen molar-refractivity contribution >= 4 is 10.8 Å². The van der Waals surface area contributed by atoms with Gasteiger partial charge in [0.05, 0.1) is 0 Å². The molecule has 0 unspecified atom stereocenters. The van der Waals surface area contributed by atoms with Crippen LogP contribution in [0.2, 0.25) is 0 Å². The Bertz CT molecular complexity index is 748. The molecule has 3 heteroatoms. The van der Waals surface area contributed by atoms with Crippen LogP contribution in [-0.4, -0.2) is 12.0 Å². The predicted molar refractivity (Wildman–Crippen MR) is 79.9 cm³/mol. The molecule has 0 bridgehead atoms. The third-order valence-corrected chi connectivity index (χ3v) is 3.39. The van der Waals surface area contributed by atoms with E-state index in [0.717, 1.165) is 21.9 Å². The maximum atomic E-state index is 14.3. The Morgan fingerprint density at radius 3 is 2.80 bits per heavy atom. The van der Waals surface area contributed by atoms with Crippen LogP contribution in [0.25, 0.3) is 21.9 Å². The molecule has 0 aliphatic heterocycles. The van der Waals surface area contributed by atoms with Gasteiger partial charge in [-0.25, -0.2) is 4.39 Å². The van der Waals surface area contributed by atoms with Crippen LogP contribution in [0, 0.1) is 5.82 Å². The Kier molecular flexibility index (Phi) is 3.44. The number of benzene rings is 2. The van der Waals surface area contributed by atoms with Gasteiger partial charge in [0.1, 0.15) is 5.82 Å². The van der Waals surface area contributed by atoms with Crippen LogP contribution < -0.4 is 5.32 Å². The first kappa shape index (κ1) is 12.8. The summed E-state index contributed by atoms with van der Waals surface area (Å²) in [4.78, 5) is 4.11. The number of hydrogen-bond donors (Lipinski definition) is 1. The monoisotopic (exact) mass is 266 g/mol. The van der Waals surface area contributed by atoms with Gasteiger partial charge in [0.2, 0.25) is 0 Å². The van der Waals surface area contributed by atoms with Crippen molar-refractivity contribution in [2.45, 2.75) is 6.54 Å². The first-order valence-corrected chi connectivity index (χ1v) is 6.56. The lowest BCUT2D eigenvalue weighted by molar-refractivity contribution is 0.627. The van der Waals surface area contributed by atoms with Crippen molar-refractivity contribution in [1.29, 1.82) is 0 Å². The number of nitrogens with one attached hydrogen (secondary N) is 1. The van der Waals surface area contributed by atoms with E-state index in [9.17, 15) is 4.39 Å². The van der Waals surface area contributed by atoms with Crippen LogP contribution in [0.5, 0.6) is 0 Å². The van der Waals surface area contributed by atoms with Crippen LogP contribution in [0.15, 0.2) is 54.9 Å². The van der Waals surface area contributed by atoms with Crippen molar-refractivity contribution in [2.24, 2.45) is 0 Å². The van der Waals surface area contributed by atoms with Crippen LogP contribution in [0.1, 0.15) is 5.56 Å². The molecule has 0 spiro atoms. The first-order chi connectivity index (χ1) is 9.79. The fourth-order valence-electron chi connectivity index (χ4n) is 2.45. The second kappa shape index (κ2) is 5.39. The highest BCUT2D eigenvalue weighted by atomic mass is 19.1. The molecule has 0 atom stereocenters. The van der Waals surface area contributed by atoms with E-state index in [2.05, 4.69) is 10.3 Å². The molecule has 20 heavy (non-hydrogen) atoms. The zero-order valence-corrected chi connectivity index (χ0v) is 11.2. The molecule has 0 saturated carbocycles. The number of fused-ring (bicyclic) bond motifs is 1. The lowest BCUT2D eigenvalue weighted by Crippen LogP contribution is -2.05. The Hall–Kier alpha value is -2.26. The molecule has 0 aliphatic rings. The fourth-order valence-corrected chi connectivity index (χ4v) is 2.45. The van der Waals surface area contributed by atoms with Gasteiger partial charge >= 0.3 is 0 Å². The largest absolute Gasteiger partial charge is 0.316 e. The van der Waals surface area contributed by atoms with Gasteiger partial charge in [-0.2, -0.15) is 0 Å². The van der Waals surface area contributed by atoms with Crippen molar-refractivity contribution < 1.29 is 4.39 Å². The maximum absolute atomic E-state index is 14.3. The topological polar surface area (TPSA) is 24.9 Å². The summed E-state index contributed by atoms with van der Waals surface area (Å²) in [5.41, 5.74) is 2.47. The number of halogens is 1.